The minimum atomic E-state index is -0.904. The smallest absolute Gasteiger partial charge is 0.305 e. The highest BCUT2D eigenvalue weighted by atomic mass is 127. The largest absolute Gasteiger partial charge is 0.493 e. The first kappa shape index (κ1) is 27.7. The van der Waals surface area contributed by atoms with Gasteiger partial charge in [-0.15, -0.1) is 0 Å². The monoisotopic (exact) mass is 661 g/mol. The van der Waals surface area contributed by atoms with Gasteiger partial charge in [-0.3, -0.25) is 14.4 Å². The van der Waals surface area contributed by atoms with Crippen LogP contribution in [0.2, 0.25) is 5.02 Å². The Bertz CT molecular complexity index is 1370. The van der Waals surface area contributed by atoms with E-state index in [1.54, 1.807) is 7.11 Å². The van der Waals surface area contributed by atoms with Crippen LogP contribution in [0.15, 0.2) is 58.9 Å². The van der Waals surface area contributed by atoms with Crippen molar-refractivity contribution in [1.82, 2.24) is 4.90 Å². The first-order valence-electron chi connectivity index (χ1n) is 13.0. The van der Waals surface area contributed by atoms with Crippen LogP contribution in [0.3, 0.4) is 0 Å². The van der Waals surface area contributed by atoms with Crippen molar-refractivity contribution in [3.8, 4) is 11.5 Å². The van der Waals surface area contributed by atoms with E-state index in [0.29, 0.717) is 72.8 Å². The molecule has 0 saturated carbocycles. The Balaban J connectivity index is 1.59. The van der Waals surface area contributed by atoms with E-state index in [-0.39, 0.29) is 24.5 Å². The molecule has 39 heavy (non-hydrogen) atoms. The van der Waals surface area contributed by atoms with Crippen molar-refractivity contribution in [1.29, 1.82) is 0 Å². The van der Waals surface area contributed by atoms with Crippen molar-refractivity contribution < 1.29 is 29.0 Å². The molecule has 0 amide bonds. The number of halogens is 2. The van der Waals surface area contributed by atoms with Gasteiger partial charge in [0, 0.05) is 52.9 Å². The van der Waals surface area contributed by atoms with Gasteiger partial charge in [-0.05, 0) is 83.7 Å². The molecule has 0 aromatic heterocycles. The van der Waals surface area contributed by atoms with E-state index in [1.807, 2.05) is 41.3 Å². The molecule has 1 aliphatic heterocycles. The molecule has 0 fully saturated rings. The number of hydrogen-bond donors (Lipinski definition) is 1. The van der Waals surface area contributed by atoms with Gasteiger partial charge >= 0.3 is 5.97 Å². The highest BCUT2D eigenvalue weighted by molar-refractivity contribution is 14.1. The first-order chi connectivity index (χ1) is 18.8. The van der Waals surface area contributed by atoms with Crippen molar-refractivity contribution in [3.05, 3.63) is 78.7 Å². The Hall–Kier alpha value is -2.85. The van der Waals surface area contributed by atoms with Crippen LogP contribution in [0.5, 0.6) is 11.5 Å². The SMILES string of the molecule is COc1cc(C2C3=C(CCCC3=O)N(CCC(=O)O)C3=C2C(=O)CCC3)cc(I)c1OCc1cccc(Cl)c1. The minimum Gasteiger partial charge on any atom is -0.493 e. The summed E-state index contributed by atoms with van der Waals surface area (Å²) in [4.78, 5) is 40.4. The van der Waals surface area contributed by atoms with Gasteiger partial charge in [-0.2, -0.15) is 0 Å². The average molecular weight is 662 g/mol. The van der Waals surface area contributed by atoms with E-state index in [0.717, 1.165) is 26.1 Å². The second-order valence-corrected chi connectivity index (χ2v) is 11.6. The van der Waals surface area contributed by atoms with E-state index in [1.165, 1.54) is 0 Å². The van der Waals surface area contributed by atoms with Crippen LogP contribution in [0.4, 0.5) is 0 Å². The number of carbonyl (C=O) groups excluding carboxylic acids is 2. The number of ketones is 2. The van der Waals surface area contributed by atoms with Crippen molar-refractivity contribution >= 4 is 51.7 Å². The average Bonchev–Trinajstić information content (AvgIpc) is 2.90. The molecule has 1 heterocycles. The number of allylic oxidation sites excluding steroid dienone is 4. The summed E-state index contributed by atoms with van der Waals surface area (Å²) in [6.45, 7) is 0.549. The van der Waals surface area contributed by atoms with E-state index in [2.05, 4.69) is 22.6 Å². The predicted octanol–water partition coefficient (Wildman–Crippen LogP) is 6.42. The van der Waals surface area contributed by atoms with Crippen LogP contribution in [0, 0.1) is 3.57 Å². The topological polar surface area (TPSA) is 93.1 Å². The lowest BCUT2D eigenvalue weighted by molar-refractivity contribution is -0.137. The Kier molecular flexibility index (Phi) is 8.32. The Morgan fingerprint density at radius 1 is 1.05 bits per heavy atom. The molecule has 0 radical (unpaired) electrons. The zero-order valence-electron chi connectivity index (χ0n) is 21.6. The normalized spacial score (nSPS) is 17.8. The molecule has 0 atom stereocenters. The molecule has 2 aromatic carbocycles. The number of carboxylic acid groups (broad SMARTS) is 1. The highest BCUT2D eigenvalue weighted by Crippen LogP contribution is 2.50. The number of benzene rings is 2. The maximum atomic E-state index is 13.5. The van der Waals surface area contributed by atoms with Gasteiger partial charge in [0.1, 0.15) is 6.61 Å². The van der Waals surface area contributed by atoms with Crippen LogP contribution < -0.4 is 9.47 Å². The molecule has 0 unspecified atom stereocenters. The first-order valence-corrected chi connectivity index (χ1v) is 14.5. The summed E-state index contributed by atoms with van der Waals surface area (Å²) in [5.74, 6) is -0.292. The maximum absolute atomic E-state index is 13.5. The maximum Gasteiger partial charge on any atom is 0.305 e. The summed E-state index contributed by atoms with van der Waals surface area (Å²) in [5, 5.41) is 10.0. The molecular weight excluding hydrogens is 633 g/mol. The quantitative estimate of drug-likeness (QED) is 0.327. The van der Waals surface area contributed by atoms with E-state index in [4.69, 9.17) is 21.1 Å². The standard InChI is InChI=1S/C30H29ClINO6/c1-38-25-15-18(14-20(32)30(25)39-16-17-5-2-6-19(31)13-17)27-28-21(7-3-9-23(28)34)33(12-11-26(36)37)22-8-4-10-24(35)29(22)27/h2,5-6,13-15,27H,3-4,7-12,16H2,1H3,(H,36,37). The number of rotatable bonds is 8. The fourth-order valence-corrected chi connectivity index (χ4v) is 6.85. The minimum absolute atomic E-state index is 0.0155. The lowest BCUT2D eigenvalue weighted by Crippen LogP contribution is -2.40. The molecule has 2 aromatic rings. The second-order valence-electron chi connectivity index (χ2n) is 9.96. The van der Waals surface area contributed by atoms with Gasteiger partial charge < -0.3 is 19.5 Å². The Morgan fingerprint density at radius 2 is 1.72 bits per heavy atom. The number of aliphatic carboxylic acids is 1. The van der Waals surface area contributed by atoms with E-state index < -0.39 is 11.9 Å². The number of methoxy groups -OCH3 is 1. The Morgan fingerprint density at radius 3 is 2.31 bits per heavy atom. The molecule has 0 saturated heterocycles. The second kappa shape index (κ2) is 11.7. The van der Waals surface area contributed by atoms with Crippen molar-refractivity contribution in [2.75, 3.05) is 13.7 Å². The fraction of sp³-hybridized carbons (Fsp3) is 0.367. The van der Waals surface area contributed by atoms with Gasteiger partial charge in [0.2, 0.25) is 0 Å². The molecule has 3 aliphatic rings. The zero-order chi connectivity index (χ0) is 27.7. The third-order valence-electron chi connectivity index (χ3n) is 7.49. The number of carboxylic acids is 1. The summed E-state index contributed by atoms with van der Waals surface area (Å²) >= 11 is 8.33. The predicted molar refractivity (Wildman–Crippen MR) is 155 cm³/mol. The number of hydrogen-bond acceptors (Lipinski definition) is 6. The van der Waals surface area contributed by atoms with Crippen LogP contribution >= 0.6 is 34.2 Å². The van der Waals surface area contributed by atoms with Gasteiger partial charge in [0.15, 0.2) is 23.1 Å². The lowest BCUT2D eigenvalue weighted by Gasteiger charge is -2.44. The number of carbonyl (C=O) groups is 3. The third kappa shape index (κ3) is 5.59. The molecule has 0 spiro atoms. The van der Waals surface area contributed by atoms with Crippen LogP contribution in [0.1, 0.15) is 62.0 Å². The van der Waals surface area contributed by atoms with Crippen molar-refractivity contribution in [3.63, 3.8) is 0 Å². The van der Waals surface area contributed by atoms with Gasteiger partial charge in [0.05, 0.1) is 17.1 Å². The molecule has 0 bridgehead atoms. The van der Waals surface area contributed by atoms with Gasteiger partial charge in [-0.1, -0.05) is 23.7 Å². The van der Waals surface area contributed by atoms with Gasteiger partial charge in [0.25, 0.3) is 0 Å². The number of ether oxygens (including phenoxy) is 2. The molecule has 5 rings (SSSR count). The van der Waals surface area contributed by atoms with Crippen molar-refractivity contribution in [2.24, 2.45) is 0 Å². The fourth-order valence-electron chi connectivity index (χ4n) is 5.86. The molecular formula is C30H29ClINO6. The van der Waals surface area contributed by atoms with Gasteiger partial charge in [-0.25, -0.2) is 0 Å². The summed E-state index contributed by atoms with van der Waals surface area (Å²) < 4.78 is 12.7. The molecule has 2 aliphatic carbocycles. The summed E-state index contributed by atoms with van der Waals surface area (Å²) in [6, 6.07) is 11.3. The lowest BCUT2D eigenvalue weighted by atomic mass is 9.71. The zero-order valence-corrected chi connectivity index (χ0v) is 24.5. The van der Waals surface area contributed by atoms with Crippen LogP contribution in [-0.2, 0) is 21.0 Å². The molecule has 7 nitrogen and oxygen atoms in total. The van der Waals surface area contributed by atoms with Crippen LogP contribution in [0.25, 0.3) is 0 Å². The van der Waals surface area contributed by atoms with Crippen LogP contribution in [-0.4, -0.2) is 41.2 Å². The summed E-state index contributed by atoms with van der Waals surface area (Å²) in [7, 11) is 1.57. The van der Waals surface area contributed by atoms with E-state index in [9.17, 15) is 19.5 Å². The molecule has 9 heteroatoms. The van der Waals surface area contributed by atoms with E-state index >= 15 is 0 Å². The summed E-state index contributed by atoms with van der Waals surface area (Å²) in [5.41, 5.74) is 4.68. The highest BCUT2D eigenvalue weighted by Gasteiger charge is 2.43. The molecule has 204 valence electrons. The van der Waals surface area contributed by atoms with Crippen molar-refractivity contribution in [2.45, 2.75) is 57.5 Å². The number of nitrogens with zero attached hydrogens (tertiary/aromatic N) is 1. The molecule has 1 N–H and O–H groups in total. The number of Topliss-reactive ketones (excluding diaryl/α,β-unsaturated/α-hetero) is 2. The summed E-state index contributed by atoms with van der Waals surface area (Å²) in [6.07, 6.45) is 3.53. The third-order valence-corrected chi connectivity index (χ3v) is 8.53. The Labute approximate surface area is 245 Å².